The molecule has 1 aliphatic rings. The monoisotopic (exact) mass is 292 g/mol. The predicted molar refractivity (Wildman–Crippen MR) is 78.1 cm³/mol. The Bertz CT molecular complexity index is 524. The molecule has 0 unspecified atom stereocenters. The van der Waals surface area contributed by atoms with Crippen molar-refractivity contribution in [2.45, 2.75) is 31.8 Å². The lowest BCUT2D eigenvalue weighted by molar-refractivity contribution is -0.122. The molecule has 1 amide bonds. The summed E-state index contributed by atoms with van der Waals surface area (Å²) >= 11 is 0. The van der Waals surface area contributed by atoms with Crippen LogP contribution >= 0.6 is 0 Å². The quantitative estimate of drug-likeness (QED) is 0.634. The van der Waals surface area contributed by atoms with Crippen molar-refractivity contribution in [2.24, 2.45) is 0 Å². The van der Waals surface area contributed by atoms with Crippen LogP contribution in [0.1, 0.15) is 36.0 Å². The van der Waals surface area contributed by atoms with Gasteiger partial charge < -0.3 is 20.5 Å². The van der Waals surface area contributed by atoms with E-state index in [1.165, 1.54) is 13.1 Å². The van der Waals surface area contributed by atoms with Crippen molar-refractivity contribution in [1.29, 1.82) is 0 Å². The summed E-state index contributed by atoms with van der Waals surface area (Å²) in [5, 5.41) is 2.44. The maximum absolute atomic E-state index is 12.1. The number of ether oxygens (including phenoxy) is 2. The van der Waals surface area contributed by atoms with Crippen LogP contribution in [-0.2, 0) is 9.53 Å². The molecular formula is C15H20N2O4. The van der Waals surface area contributed by atoms with E-state index in [0.29, 0.717) is 17.0 Å². The second-order valence-corrected chi connectivity index (χ2v) is 5.03. The molecule has 0 aliphatic heterocycles. The molecule has 114 valence electrons. The van der Waals surface area contributed by atoms with E-state index < -0.39 is 0 Å². The van der Waals surface area contributed by atoms with E-state index in [2.05, 4.69) is 5.32 Å². The number of hydrogen-bond donors (Lipinski definition) is 2. The van der Waals surface area contributed by atoms with Crippen LogP contribution < -0.4 is 15.8 Å². The van der Waals surface area contributed by atoms with Gasteiger partial charge in [-0.1, -0.05) is 0 Å². The first kappa shape index (κ1) is 15.2. The first-order chi connectivity index (χ1) is 10.1. The van der Waals surface area contributed by atoms with Gasteiger partial charge in [-0.2, -0.15) is 0 Å². The number of nitrogen functional groups attached to an aromatic ring is 1. The number of anilines is 1. The molecule has 6 heteroatoms. The molecule has 6 nitrogen and oxygen atoms in total. The van der Waals surface area contributed by atoms with Crippen LogP contribution in [-0.4, -0.2) is 31.6 Å². The fourth-order valence-electron chi connectivity index (χ4n) is 2.23. The lowest BCUT2D eigenvalue weighted by Gasteiger charge is -2.13. The van der Waals surface area contributed by atoms with Gasteiger partial charge in [-0.3, -0.25) is 4.79 Å². The lowest BCUT2D eigenvalue weighted by atomic mass is 10.2. The summed E-state index contributed by atoms with van der Waals surface area (Å²) in [7, 11) is 1.52. The Morgan fingerprint density at radius 2 is 2.05 bits per heavy atom. The standard InChI is InChI=1S/C15H20N2O4/c1-17-14(18)9-20-13-8-10(6-7-12(13)16)15(19)21-11-4-2-3-5-11/h6-8,11H,2-5,9,16H2,1H3,(H,17,18). The van der Waals surface area contributed by atoms with Crippen LogP contribution in [0.2, 0.25) is 0 Å². The smallest absolute Gasteiger partial charge is 0.338 e. The number of likely N-dealkylation sites (N-methyl/N-ethyl adjacent to an activating group) is 1. The maximum Gasteiger partial charge on any atom is 0.338 e. The molecule has 0 spiro atoms. The van der Waals surface area contributed by atoms with Gasteiger partial charge in [0.25, 0.3) is 5.91 Å². The number of nitrogens with one attached hydrogen (secondary N) is 1. The average molecular weight is 292 g/mol. The van der Waals surface area contributed by atoms with Gasteiger partial charge >= 0.3 is 5.97 Å². The van der Waals surface area contributed by atoms with Crippen LogP contribution in [0.15, 0.2) is 18.2 Å². The van der Waals surface area contributed by atoms with Gasteiger partial charge in [0.15, 0.2) is 6.61 Å². The summed E-state index contributed by atoms with van der Waals surface area (Å²) in [6, 6.07) is 4.68. The second kappa shape index (κ2) is 6.97. The van der Waals surface area contributed by atoms with E-state index in [-0.39, 0.29) is 24.6 Å². The first-order valence-corrected chi connectivity index (χ1v) is 7.04. The van der Waals surface area contributed by atoms with E-state index in [4.69, 9.17) is 15.2 Å². The molecule has 1 saturated carbocycles. The van der Waals surface area contributed by atoms with Gasteiger partial charge in [-0.05, 0) is 43.9 Å². The molecule has 3 N–H and O–H groups in total. The minimum absolute atomic E-state index is 0.00490. The van der Waals surface area contributed by atoms with E-state index in [1.54, 1.807) is 12.1 Å². The first-order valence-electron chi connectivity index (χ1n) is 7.04. The number of carbonyl (C=O) groups excluding carboxylic acids is 2. The molecule has 1 aromatic rings. The van der Waals surface area contributed by atoms with Crippen LogP contribution in [0, 0.1) is 0 Å². The molecule has 0 radical (unpaired) electrons. The number of hydrogen-bond acceptors (Lipinski definition) is 5. The Morgan fingerprint density at radius 1 is 1.33 bits per heavy atom. The molecule has 2 rings (SSSR count). The van der Waals surface area contributed by atoms with Gasteiger partial charge in [0.1, 0.15) is 11.9 Å². The molecule has 1 aliphatic carbocycles. The normalized spacial score (nSPS) is 14.7. The summed E-state index contributed by atoms with van der Waals surface area (Å²) in [5.74, 6) is -0.348. The molecule has 1 fully saturated rings. The van der Waals surface area contributed by atoms with E-state index >= 15 is 0 Å². The zero-order chi connectivity index (χ0) is 15.2. The van der Waals surface area contributed by atoms with Crippen molar-refractivity contribution in [3.05, 3.63) is 23.8 Å². The van der Waals surface area contributed by atoms with E-state index in [0.717, 1.165) is 25.7 Å². The third-order valence-electron chi connectivity index (χ3n) is 3.46. The predicted octanol–water partition coefficient (Wildman–Crippen LogP) is 1.49. The molecule has 0 aromatic heterocycles. The van der Waals surface area contributed by atoms with Crippen LogP contribution in [0.4, 0.5) is 5.69 Å². The van der Waals surface area contributed by atoms with Crippen LogP contribution in [0.3, 0.4) is 0 Å². The minimum atomic E-state index is -0.383. The van der Waals surface area contributed by atoms with E-state index in [1.807, 2.05) is 0 Å². The zero-order valence-corrected chi connectivity index (χ0v) is 12.1. The zero-order valence-electron chi connectivity index (χ0n) is 12.1. The van der Waals surface area contributed by atoms with Gasteiger partial charge in [0.05, 0.1) is 11.3 Å². The Morgan fingerprint density at radius 3 is 2.71 bits per heavy atom. The highest BCUT2D eigenvalue weighted by Gasteiger charge is 2.20. The van der Waals surface area contributed by atoms with Crippen molar-refractivity contribution >= 4 is 17.6 Å². The average Bonchev–Trinajstić information content (AvgIpc) is 2.98. The van der Waals surface area contributed by atoms with Gasteiger partial charge in [0.2, 0.25) is 0 Å². The maximum atomic E-state index is 12.1. The number of carbonyl (C=O) groups is 2. The van der Waals surface area contributed by atoms with Crippen LogP contribution in [0.25, 0.3) is 0 Å². The van der Waals surface area contributed by atoms with Gasteiger partial charge in [-0.25, -0.2) is 4.79 Å². The van der Waals surface area contributed by atoms with Crippen molar-refractivity contribution in [2.75, 3.05) is 19.4 Å². The topological polar surface area (TPSA) is 90.6 Å². The Kier molecular flexibility index (Phi) is 5.03. The Hall–Kier alpha value is -2.24. The van der Waals surface area contributed by atoms with Crippen LogP contribution in [0.5, 0.6) is 5.75 Å². The molecule has 0 atom stereocenters. The number of amides is 1. The van der Waals surface area contributed by atoms with E-state index in [9.17, 15) is 9.59 Å². The summed E-state index contributed by atoms with van der Waals surface area (Å²) in [6.45, 7) is -0.151. The number of esters is 1. The highest BCUT2D eigenvalue weighted by molar-refractivity contribution is 5.91. The summed E-state index contributed by atoms with van der Waals surface area (Å²) in [5.41, 5.74) is 6.52. The summed E-state index contributed by atoms with van der Waals surface area (Å²) in [4.78, 5) is 23.2. The van der Waals surface area contributed by atoms with Gasteiger partial charge in [0, 0.05) is 7.05 Å². The summed E-state index contributed by atoms with van der Waals surface area (Å²) < 4.78 is 10.7. The fraction of sp³-hybridized carbons (Fsp3) is 0.467. The molecule has 0 heterocycles. The SMILES string of the molecule is CNC(=O)COc1cc(C(=O)OC2CCCC2)ccc1N. The largest absolute Gasteiger partial charge is 0.482 e. The highest BCUT2D eigenvalue weighted by atomic mass is 16.5. The second-order valence-electron chi connectivity index (χ2n) is 5.03. The van der Waals surface area contributed by atoms with Crippen molar-refractivity contribution in [3.63, 3.8) is 0 Å². The van der Waals surface area contributed by atoms with Crippen molar-refractivity contribution in [1.82, 2.24) is 5.32 Å². The van der Waals surface area contributed by atoms with Crippen molar-refractivity contribution in [3.8, 4) is 5.75 Å². The highest BCUT2D eigenvalue weighted by Crippen LogP contribution is 2.25. The van der Waals surface area contributed by atoms with Crippen molar-refractivity contribution < 1.29 is 19.1 Å². The molecule has 0 saturated heterocycles. The Balaban J connectivity index is 2.02. The third kappa shape index (κ3) is 4.11. The third-order valence-corrected chi connectivity index (χ3v) is 3.46. The van der Waals surface area contributed by atoms with Gasteiger partial charge in [-0.15, -0.1) is 0 Å². The molecule has 0 bridgehead atoms. The number of benzene rings is 1. The summed E-state index contributed by atoms with van der Waals surface area (Å²) in [6.07, 6.45) is 4.03. The minimum Gasteiger partial charge on any atom is -0.482 e. The molecule has 1 aromatic carbocycles. The molecule has 21 heavy (non-hydrogen) atoms. The number of nitrogens with two attached hydrogens (primary N) is 1. The number of rotatable bonds is 5. The Labute approximate surface area is 123 Å². The lowest BCUT2D eigenvalue weighted by Crippen LogP contribution is -2.25. The fourth-order valence-corrected chi connectivity index (χ4v) is 2.23. The molecular weight excluding hydrogens is 272 g/mol.